The van der Waals surface area contributed by atoms with Crippen molar-refractivity contribution in [3.05, 3.63) is 46.5 Å². The van der Waals surface area contributed by atoms with Gasteiger partial charge in [-0.25, -0.2) is 13.4 Å². The molecule has 1 aliphatic heterocycles. The van der Waals surface area contributed by atoms with Gasteiger partial charge in [-0.15, -0.1) is 0 Å². The Morgan fingerprint density at radius 1 is 1.27 bits per heavy atom. The lowest BCUT2D eigenvalue weighted by atomic mass is 10.2. The van der Waals surface area contributed by atoms with Gasteiger partial charge in [-0.2, -0.15) is 0 Å². The highest BCUT2D eigenvalue weighted by molar-refractivity contribution is 7.92. The zero-order valence-electron chi connectivity index (χ0n) is 11.7. The normalized spacial score (nSPS) is 14.8. The molecule has 1 amide bonds. The monoisotopic (exact) mass is 337 g/mol. The smallest absolute Gasteiger partial charge is 0.263 e. The summed E-state index contributed by atoms with van der Waals surface area (Å²) in [5.74, 6) is -0.303. The molecule has 0 atom stereocenters. The minimum Gasteiger partial charge on any atom is -0.351 e. The highest BCUT2D eigenvalue weighted by Crippen LogP contribution is 2.26. The molecule has 3 rings (SSSR count). The minimum absolute atomic E-state index is 0.121. The Morgan fingerprint density at radius 3 is 2.82 bits per heavy atom. The maximum absolute atomic E-state index is 12.2. The molecule has 0 saturated carbocycles. The zero-order chi connectivity index (χ0) is 15.6. The second-order valence-electron chi connectivity index (χ2n) is 5.00. The van der Waals surface area contributed by atoms with Gasteiger partial charge < -0.3 is 5.32 Å². The average molecular weight is 337 g/mol. The third-order valence-electron chi connectivity index (χ3n) is 3.22. The Balaban J connectivity index is 1.78. The first-order valence-electron chi connectivity index (χ1n) is 6.86. The number of hydrogen-bond donors (Lipinski definition) is 2. The van der Waals surface area contributed by atoms with Crippen molar-refractivity contribution in [1.29, 1.82) is 0 Å². The van der Waals surface area contributed by atoms with Crippen LogP contribution in [0.2, 0.25) is 0 Å². The fourth-order valence-corrected chi connectivity index (χ4v) is 4.59. The molecule has 0 aliphatic carbocycles. The summed E-state index contributed by atoms with van der Waals surface area (Å²) < 4.78 is 26.8. The number of amides is 1. The fraction of sp³-hybridized carbons (Fsp3) is 0.286. The van der Waals surface area contributed by atoms with E-state index in [4.69, 9.17) is 0 Å². The van der Waals surface area contributed by atoms with E-state index in [1.165, 1.54) is 0 Å². The maximum atomic E-state index is 12.2. The van der Waals surface area contributed by atoms with Crippen LogP contribution in [0, 0.1) is 0 Å². The van der Waals surface area contributed by atoms with Crippen molar-refractivity contribution >= 4 is 32.4 Å². The predicted octanol–water partition coefficient (Wildman–Crippen LogP) is 1.76. The Hall–Kier alpha value is -1.93. The van der Waals surface area contributed by atoms with Crippen molar-refractivity contribution in [1.82, 2.24) is 10.3 Å². The molecule has 0 radical (unpaired) electrons. The van der Waals surface area contributed by atoms with Gasteiger partial charge in [0.25, 0.3) is 5.91 Å². The fourth-order valence-electron chi connectivity index (χ4n) is 2.24. The van der Waals surface area contributed by atoms with Crippen molar-refractivity contribution < 1.29 is 13.2 Å². The van der Waals surface area contributed by atoms with Crippen LogP contribution in [0.15, 0.2) is 30.3 Å². The van der Waals surface area contributed by atoms with Crippen molar-refractivity contribution in [2.24, 2.45) is 0 Å². The molecule has 0 saturated heterocycles. The van der Waals surface area contributed by atoms with E-state index in [-0.39, 0.29) is 16.8 Å². The SMILES string of the molecule is O=C1NCCCc2nc(NS(=O)(=O)Cc3ccccc3)sc21. The molecule has 8 heteroatoms. The standard InChI is InChI=1S/C14H15N3O3S2/c18-13-12-11(7-4-8-15-13)16-14(21-12)17-22(19,20)9-10-5-2-1-3-6-10/h1-3,5-6H,4,7-9H2,(H,15,18)(H,16,17). The van der Waals surface area contributed by atoms with Crippen LogP contribution in [0.1, 0.15) is 27.3 Å². The summed E-state index contributed by atoms with van der Waals surface area (Å²) >= 11 is 1.08. The summed E-state index contributed by atoms with van der Waals surface area (Å²) in [5.41, 5.74) is 1.36. The van der Waals surface area contributed by atoms with Gasteiger partial charge in [0.05, 0.1) is 11.4 Å². The lowest BCUT2D eigenvalue weighted by molar-refractivity contribution is 0.0960. The van der Waals surface area contributed by atoms with Gasteiger partial charge in [-0.05, 0) is 18.4 Å². The van der Waals surface area contributed by atoms with Gasteiger partial charge in [-0.1, -0.05) is 41.7 Å². The van der Waals surface area contributed by atoms with E-state index in [0.29, 0.717) is 29.1 Å². The molecule has 2 aromatic rings. The van der Waals surface area contributed by atoms with Crippen LogP contribution in [-0.4, -0.2) is 25.9 Å². The molecule has 2 N–H and O–H groups in total. The lowest BCUT2D eigenvalue weighted by Crippen LogP contribution is -2.21. The van der Waals surface area contributed by atoms with E-state index >= 15 is 0 Å². The molecular formula is C14H15N3O3S2. The Morgan fingerprint density at radius 2 is 2.05 bits per heavy atom. The van der Waals surface area contributed by atoms with Crippen LogP contribution in [0.5, 0.6) is 0 Å². The molecular weight excluding hydrogens is 322 g/mol. The van der Waals surface area contributed by atoms with Crippen LogP contribution in [0.4, 0.5) is 5.13 Å². The quantitative estimate of drug-likeness (QED) is 0.890. The van der Waals surface area contributed by atoms with Gasteiger partial charge >= 0.3 is 0 Å². The third kappa shape index (κ3) is 3.45. The number of fused-ring (bicyclic) bond motifs is 1. The third-order valence-corrected chi connectivity index (χ3v) is 5.58. The summed E-state index contributed by atoms with van der Waals surface area (Å²) in [6.07, 6.45) is 1.48. The molecule has 2 heterocycles. The number of hydrogen-bond acceptors (Lipinski definition) is 5. The summed E-state index contributed by atoms with van der Waals surface area (Å²) in [7, 11) is -3.55. The number of aryl methyl sites for hydroxylation is 1. The van der Waals surface area contributed by atoms with Crippen LogP contribution in [0.25, 0.3) is 0 Å². The second kappa shape index (κ2) is 6.05. The highest BCUT2D eigenvalue weighted by atomic mass is 32.2. The van der Waals surface area contributed by atoms with E-state index in [9.17, 15) is 13.2 Å². The van der Waals surface area contributed by atoms with E-state index < -0.39 is 10.0 Å². The molecule has 0 spiro atoms. The minimum atomic E-state index is -3.55. The number of thiazole rings is 1. The number of carbonyl (C=O) groups excluding carboxylic acids is 1. The predicted molar refractivity (Wildman–Crippen MR) is 85.5 cm³/mol. The largest absolute Gasteiger partial charge is 0.351 e. The Bertz CT molecular complexity index is 785. The van der Waals surface area contributed by atoms with E-state index in [0.717, 1.165) is 17.8 Å². The number of aromatic nitrogens is 1. The number of rotatable bonds is 4. The van der Waals surface area contributed by atoms with Crippen LogP contribution in [-0.2, 0) is 22.2 Å². The number of anilines is 1. The van der Waals surface area contributed by atoms with Gasteiger partial charge in [0.2, 0.25) is 10.0 Å². The molecule has 22 heavy (non-hydrogen) atoms. The summed E-state index contributed by atoms with van der Waals surface area (Å²) in [6.45, 7) is 0.622. The van der Waals surface area contributed by atoms with E-state index in [2.05, 4.69) is 15.0 Å². The summed E-state index contributed by atoms with van der Waals surface area (Å²) in [4.78, 5) is 16.6. The van der Waals surface area contributed by atoms with Crippen molar-refractivity contribution in [3.63, 3.8) is 0 Å². The average Bonchev–Trinajstić information content (AvgIpc) is 2.78. The molecule has 6 nitrogen and oxygen atoms in total. The number of nitrogens with zero attached hydrogens (tertiary/aromatic N) is 1. The topological polar surface area (TPSA) is 88.2 Å². The number of carbonyl (C=O) groups is 1. The summed E-state index contributed by atoms with van der Waals surface area (Å²) in [5, 5.41) is 3.02. The lowest BCUT2D eigenvalue weighted by Gasteiger charge is -2.05. The van der Waals surface area contributed by atoms with Crippen LogP contribution < -0.4 is 10.0 Å². The zero-order valence-corrected chi connectivity index (χ0v) is 13.3. The summed E-state index contributed by atoms with van der Waals surface area (Å²) in [6, 6.07) is 8.93. The van der Waals surface area contributed by atoms with Gasteiger partial charge in [0.15, 0.2) is 5.13 Å². The molecule has 0 unspecified atom stereocenters. The van der Waals surface area contributed by atoms with Gasteiger partial charge in [0.1, 0.15) is 4.88 Å². The number of benzene rings is 1. The Kier molecular flexibility index (Phi) is 4.12. The first-order chi connectivity index (χ1) is 10.5. The molecule has 116 valence electrons. The highest BCUT2D eigenvalue weighted by Gasteiger charge is 2.22. The van der Waals surface area contributed by atoms with E-state index in [1.807, 2.05) is 6.07 Å². The number of sulfonamides is 1. The van der Waals surface area contributed by atoms with Crippen molar-refractivity contribution in [2.45, 2.75) is 18.6 Å². The van der Waals surface area contributed by atoms with Crippen molar-refractivity contribution in [2.75, 3.05) is 11.3 Å². The molecule has 0 fully saturated rings. The van der Waals surface area contributed by atoms with Gasteiger partial charge in [-0.3, -0.25) is 9.52 Å². The first-order valence-corrected chi connectivity index (χ1v) is 9.33. The maximum Gasteiger partial charge on any atom is 0.263 e. The first kappa shape index (κ1) is 15.0. The van der Waals surface area contributed by atoms with Gasteiger partial charge in [0, 0.05) is 6.54 Å². The second-order valence-corrected chi connectivity index (χ2v) is 7.72. The molecule has 1 aromatic carbocycles. The van der Waals surface area contributed by atoms with Crippen LogP contribution >= 0.6 is 11.3 Å². The van der Waals surface area contributed by atoms with E-state index in [1.54, 1.807) is 24.3 Å². The number of nitrogens with one attached hydrogen (secondary N) is 2. The van der Waals surface area contributed by atoms with Crippen LogP contribution in [0.3, 0.4) is 0 Å². The molecule has 0 bridgehead atoms. The Labute approximate surface area is 132 Å². The molecule has 1 aliphatic rings. The molecule has 1 aromatic heterocycles. The van der Waals surface area contributed by atoms with Crippen molar-refractivity contribution in [3.8, 4) is 0 Å².